The van der Waals surface area contributed by atoms with Crippen LogP contribution in [0.1, 0.15) is 33.5 Å². The minimum absolute atomic E-state index is 0.122. The topological polar surface area (TPSA) is 111 Å². The van der Waals surface area contributed by atoms with E-state index < -0.39 is 6.04 Å². The molecule has 184 valence electrons. The molecule has 0 radical (unpaired) electrons. The van der Waals surface area contributed by atoms with Crippen molar-refractivity contribution in [1.29, 1.82) is 0 Å². The zero-order valence-corrected chi connectivity index (χ0v) is 20.2. The molecule has 1 atom stereocenters. The van der Waals surface area contributed by atoms with E-state index in [2.05, 4.69) is 20.2 Å². The predicted octanol–water partition coefficient (Wildman–Crippen LogP) is 2.90. The van der Waals surface area contributed by atoms with Crippen LogP contribution in [0.3, 0.4) is 0 Å². The van der Waals surface area contributed by atoms with E-state index in [9.17, 15) is 4.79 Å². The van der Waals surface area contributed by atoms with Crippen LogP contribution >= 0.6 is 0 Å². The summed E-state index contributed by atoms with van der Waals surface area (Å²) in [5, 5.41) is 13.8. The first-order valence-electron chi connectivity index (χ1n) is 11.9. The minimum atomic E-state index is -0.449. The third kappa shape index (κ3) is 3.31. The number of methoxy groups -OCH3 is 1. The number of hydrogen-bond acceptors (Lipinski definition) is 6. The molecule has 37 heavy (non-hydrogen) atoms. The van der Waals surface area contributed by atoms with Gasteiger partial charge in [-0.25, -0.2) is 14.0 Å². The van der Waals surface area contributed by atoms with Crippen molar-refractivity contribution in [2.75, 3.05) is 13.7 Å². The molecule has 0 bridgehead atoms. The second-order valence-corrected chi connectivity index (χ2v) is 9.07. The van der Waals surface area contributed by atoms with Crippen LogP contribution in [-0.4, -0.2) is 63.4 Å². The zero-order valence-electron chi connectivity index (χ0n) is 20.2. The van der Waals surface area contributed by atoms with Crippen LogP contribution in [0.25, 0.3) is 22.3 Å². The Morgan fingerprint density at radius 2 is 2.03 bits per heavy atom. The Labute approximate surface area is 210 Å². The Balaban J connectivity index is 1.30. The Morgan fingerprint density at radius 1 is 1.11 bits per heavy atom. The van der Waals surface area contributed by atoms with Gasteiger partial charge in [-0.2, -0.15) is 15.3 Å². The molecule has 0 aromatic carbocycles. The van der Waals surface area contributed by atoms with E-state index in [1.165, 1.54) is 0 Å². The van der Waals surface area contributed by atoms with Gasteiger partial charge in [-0.15, -0.1) is 0 Å². The standard InChI is InChI=1S/C26H23N9O2/c1-32-10-7-18(30-32)16-5-6-21-17(13-29-35(21)14-16)26(36)33-11-8-19-24(28-15-27-19)25(33)20-12-22-23(37-2)4-3-9-34(22)31-20/h3-7,9-10,12-15,25H,8,11H2,1-2H3,(H,27,28)/t25-/m1/s1. The molecular formula is C26H23N9O2. The van der Waals surface area contributed by atoms with Crippen molar-refractivity contribution in [3.63, 3.8) is 0 Å². The molecular weight excluding hydrogens is 470 g/mol. The van der Waals surface area contributed by atoms with Gasteiger partial charge in [0.1, 0.15) is 17.3 Å². The molecule has 6 aromatic rings. The van der Waals surface area contributed by atoms with Crippen molar-refractivity contribution in [1.82, 2.24) is 43.9 Å². The highest BCUT2D eigenvalue weighted by molar-refractivity contribution is 6.01. The van der Waals surface area contributed by atoms with E-state index in [4.69, 9.17) is 9.84 Å². The van der Waals surface area contributed by atoms with Crippen molar-refractivity contribution in [3.05, 3.63) is 90.2 Å². The number of amides is 1. The van der Waals surface area contributed by atoms with Crippen LogP contribution in [0, 0.1) is 0 Å². The normalized spacial score (nSPS) is 15.4. The lowest BCUT2D eigenvalue weighted by Crippen LogP contribution is -2.41. The highest BCUT2D eigenvalue weighted by Crippen LogP contribution is 2.36. The first kappa shape index (κ1) is 21.4. The average molecular weight is 494 g/mol. The maximum Gasteiger partial charge on any atom is 0.258 e. The summed E-state index contributed by atoms with van der Waals surface area (Å²) < 4.78 is 10.8. The number of hydrogen-bond donors (Lipinski definition) is 1. The maximum atomic E-state index is 14.0. The lowest BCUT2D eigenvalue weighted by Gasteiger charge is -2.33. The first-order chi connectivity index (χ1) is 18.1. The number of ether oxygens (including phenoxy) is 1. The molecule has 0 aliphatic carbocycles. The fourth-order valence-corrected chi connectivity index (χ4v) is 5.13. The molecule has 7 heterocycles. The second kappa shape index (κ2) is 8.05. The van der Waals surface area contributed by atoms with E-state index in [0.29, 0.717) is 24.3 Å². The highest BCUT2D eigenvalue weighted by Gasteiger charge is 2.37. The fraction of sp³-hybridized carbons (Fsp3) is 0.192. The molecule has 1 amide bonds. The van der Waals surface area contributed by atoms with E-state index in [-0.39, 0.29) is 5.91 Å². The molecule has 6 aromatic heterocycles. The fourth-order valence-electron chi connectivity index (χ4n) is 5.13. The number of carbonyl (C=O) groups excluding carboxylic acids is 1. The number of nitrogens with one attached hydrogen (secondary N) is 1. The quantitative estimate of drug-likeness (QED) is 0.404. The Kier molecular flexibility index (Phi) is 4.65. The van der Waals surface area contributed by atoms with Gasteiger partial charge in [-0.3, -0.25) is 9.48 Å². The van der Waals surface area contributed by atoms with E-state index in [1.54, 1.807) is 33.3 Å². The number of H-pyrrole nitrogens is 1. The average Bonchev–Trinajstić information content (AvgIpc) is 3.72. The molecule has 7 rings (SSSR count). The van der Waals surface area contributed by atoms with Crippen molar-refractivity contribution in [2.24, 2.45) is 7.05 Å². The summed E-state index contributed by atoms with van der Waals surface area (Å²) in [6.45, 7) is 0.521. The summed E-state index contributed by atoms with van der Waals surface area (Å²) >= 11 is 0. The number of aromatic nitrogens is 8. The predicted molar refractivity (Wildman–Crippen MR) is 134 cm³/mol. The van der Waals surface area contributed by atoms with E-state index in [1.807, 2.05) is 66.9 Å². The molecule has 0 unspecified atom stereocenters. The van der Waals surface area contributed by atoms with Gasteiger partial charge in [-0.05, 0) is 36.4 Å². The minimum Gasteiger partial charge on any atom is -0.494 e. The maximum absolute atomic E-state index is 14.0. The monoisotopic (exact) mass is 493 g/mol. The van der Waals surface area contributed by atoms with Gasteiger partial charge in [0.2, 0.25) is 0 Å². The number of rotatable bonds is 4. The van der Waals surface area contributed by atoms with Crippen molar-refractivity contribution >= 4 is 16.9 Å². The number of fused-ring (bicyclic) bond motifs is 3. The summed E-state index contributed by atoms with van der Waals surface area (Å²) in [5.41, 5.74) is 6.38. The van der Waals surface area contributed by atoms with Crippen LogP contribution < -0.4 is 4.74 Å². The summed E-state index contributed by atoms with van der Waals surface area (Å²) in [6, 6.07) is 11.1. The molecule has 0 saturated carbocycles. The number of aryl methyl sites for hydroxylation is 1. The van der Waals surface area contributed by atoms with E-state index >= 15 is 0 Å². The Hall–Kier alpha value is -4.93. The van der Waals surface area contributed by atoms with Crippen LogP contribution in [0.15, 0.2) is 67.5 Å². The lowest BCUT2D eigenvalue weighted by molar-refractivity contribution is 0.0689. The molecule has 0 fully saturated rings. The lowest BCUT2D eigenvalue weighted by atomic mass is 9.98. The van der Waals surface area contributed by atoms with Crippen molar-refractivity contribution < 1.29 is 9.53 Å². The summed E-state index contributed by atoms with van der Waals surface area (Å²) in [6.07, 6.45) is 9.64. The molecule has 1 N–H and O–H groups in total. The smallest absolute Gasteiger partial charge is 0.258 e. The Bertz CT molecular complexity index is 1790. The molecule has 11 heteroatoms. The highest BCUT2D eigenvalue weighted by atomic mass is 16.5. The van der Waals surface area contributed by atoms with Gasteiger partial charge < -0.3 is 14.6 Å². The Morgan fingerprint density at radius 3 is 2.86 bits per heavy atom. The largest absolute Gasteiger partial charge is 0.494 e. The SMILES string of the molecule is COc1cccn2nc([C@@H]3c4nc[nH]c4CCN3C(=O)c3cnn4cc(-c5ccn(C)n5)ccc34)cc12. The van der Waals surface area contributed by atoms with E-state index in [0.717, 1.165) is 39.4 Å². The number of carbonyl (C=O) groups is 1. The molecule has 1 aliphatic heterocycles. The van der Waals surface area contributed by atoms with Crippen LogP contribution in [0.4, 0.5) is 0 Å². The third-order valence-electron chi connectivity index (χ3n) is 6.92. The van der Waals surface area contributed by atoms with Gasteiger partial charge in [0, 0.05) is 49.9 Å². The zero-order chi connectivity index (χ0) is 25.1. The van der Waals surface area contributed by atoms with Crippen LogP contribution in [0.2, 0.25) is 0 Å². The number of aromatic amines is 1. The van der Waals surface area contributed by atoms with Gasteiger partial charge in [-0.1, -0.05) is 0 Å². The molecule has 11 nitrogen and oxygen atoms in total. The summed E-state index contributed by atoms with van der Waals surface area (Å²) in [7, 11) is 3.51. The van der Waals surface area contributed by atoms with Crippen LogP contribution in [0.5, 0.6) is 5.75 Å². The van der Waals surface area contributed by atoms with Gasteiger partial charge in [0.15, 0.2) is 0 Å². The third-order valence-corrected chi connectivity index (χ3v) is 6.92. The number of pyridine rings is 2. The van der Waals surface area contributed by atoms with Crippen LogP contribution in [-0.2, 0) is 13.5 Å². The summed E-state index contributed by atoms with van der Waals surface area (Å²) in [4.78, 5) is 23.7. The van der Waals surface area contributed by atoms with Gasteiger partial charge >= 0.3 is 0 Å². The second-order valence-electron chi connectivity index (χ2n) is 9.07. The van der Waals surface area contributed by atoms with Crippen molar-refractivity contribution in [2.45, 2.75) is 12.5 Å². The first-order valence-corrected chi connectivity index (χ1v) is 11.9. The van der Waals surface area contributed by atoms with Gasteiger partial charge in [0.05, 0.1) is 47.8 Å². The van der Waals surface area contributed by atoms with Gasteiger partial charge in [0.25, 0.3) is 5.91 Å². The number of imidazole rings is 1. The summed E-state index contributed by atoms with van der Waals surface area (Å²) in [5.74, 6) is 0.590. The molecule has 1 aliphatic rings. The van der Waals surface area contributed by atoms with Crippen molar-refractivity contribution in [3.8, 4) is 17.0 Å². The molecule has 0 saturated heterocycles. The number of nitrogens with zero attached hydrogens (tertiary/aromatic N) is 8. The molecule has 0 spiro atoms.